The quantitative estimate of drug-likeness (QED) is 0.748. The van der Waals surface area contributed by atoms with E-state index in [1.807, 2.05) is 25.2 Å². The normalized spacial score (nSPS) is 21.1. The van der Waals surface area contributed by atoms with Crippen LogP contribution in [0.1, 0.15) is 5.56 Å². The van der Waals surface area contributed by atoms with Crippen molar-refractivity contribution in [1.82, 2.24) is 10.2 Å². The molecule has 1 fully saturated rings. The first kappa shape index (κ1) is 9.06. The van der Waals surface area contributed by atoms with E-state index in [1.54, 1.807) is 4.90 Å². The average molecular weight is 190 g/mol. The molecule has 1 N–H and O–H groups in total. The van der Waals surface area contributed by atoms with Gasteiger partial charge in [0.25, 0.3) is 0 Å². The van der Waals surface area contributed by atoms with E-state index in [-0.39, 0.29) is 6.03 Å². The van der Waals surface area contributed by atoms with Crippen molar-refractivity contribution in [2.75, 3.05) is 13.6 Å². The van der Waals surface area contributed by atoms with E-state index >= 15 is 0 Å². The molecule has 1 unspecified atom stereocenters. The van der Waals surface area contributed by atoms with Crippen LogP contribution in [0, 0.1) is 0 Å². The molecule has 0 saturated carbocycles. The lowest BCUT2D eigenvalue weighted by Gasteiger charge is -2.17. The van der Waals surface area contributed by atoms with Gasteiger partial charge in [0.1, 0.15) is 0 Å². The van der Waals surface area contributed by atoms with Crippen LogP contribution in [-0.2, 0) is 6.42 Å². The Hall–Kier alpha value is -1.51. The summed E-state index contributed by atoms with van der Waals surface area (Å²) in [5.41, 5.74) is 1.28. The van der Waals surface area contributed by atoms with Crippen molar-refractivity contribution in [3.8, 4) is 0 Å². The molecule has 1 atom stereocenters. The summed E-state index contributed by atoms with van der Waals surface area (Å²) in [7, 11) is 1.84. The highest BCUT2D eigenvalue weighted by Crippen LogP contribution is 2.10. The lowest BCUT2D eigenvalue weighted by atomic mass is 10.1. The van der Waals surface area contributed by atoms with Gasteiger partial charge >= 0.3 is 6.03 Å². The van der Waals surface area contributed by atoms with Crippen molar-refractivity contribution in [3.63, 3.8) is 0 Å². The Morgan fingerprint density at radius 3 is 2.71 bits per heavy atom. The van der Waals surface area contributed by atoms with Gasteiger partial charge in [0, 0.05) is 13.6 Å². The molecule has 1 aromatic rings. The van der Waals surface area contributed by atoms with Crippen molar-refractivity contribution in [1.29, 1.82) is 0 Å². The maximum absolute atomic E-state index is 11.2. The number of nitrogens with one attached hydrogen (secondary N) is 1. The molecule has 1 aliphatic rings. The van der Waals surface area contributed by atoms with Crippen molar-refractivity contribution >= 4 is 6.03 Å². The lowest BCUT2D eigenvalue weighted by Crippen LogP contribution is -2.31. The standard InChI is InChI=1S/C11H14N2O/c1-13-10(8-12-11(13)14)7-9-5-3-2-4-6-9/h2-6,10H,7-8H2,1H3,(H,12,14). The molecule has 1 aromatic carbocycles. The number of rotatable bonds is 2. The Balaban J connectivity index is 2.02. The van der Waals surface area contributed by atoms with Gasteiger partial charge in [-0.15, -0.1) is 0 Å². The van der Waals surface area contributed by atoms with E-state index in [2.05, 4.69) is 17.4 Å². The summed E-state index contributed by atoms with van der Waals surface area (Å²) in [6.45, 7) is 0.754. The first-order chi connectivity index (χ1) is 6.77. The molecular weight excluding hydrogens is 176 g/mol. The number of hydrogen-bond acceptors (Lipinski definition) is 1. The van der Waals surface area contributed by atoms with E-state index < -0.39 is 0 Å². The number of nitrogens with zero attached hydrogens (tertiary/aromatic N) is 1. The van der Waals surface area contributed by atoms with Crippen LogP contribution in [0.3, 0.4) is 0 Å². The number of hydrogen-bond donors (Lipinski definition) is 1. The Labute approximate surface area is 83.7 Å². The molecule has 1 aliphatic heterocycles. The number of carbonyl (C=O) groups excluding carboxylic acids is 1. The fraction of sp³-hybridized carbons (Fsp3) is 0.364. The molecule has 14 heavy (non-hydrogen) atoms. The number of carbonyl (C=O) groups is 1. The van der Waals surface area contributed by atoms with Gasteiger partial charge in [0.2, 0.25) is 0 Å². The zero-order valence-corrected chi connectivity index (χ0v) is 8.23. The van der Waals surface area contributed by atoms with Crippen molar-refractivity contribution in [3.05, 3.63) is 35.9 Å². The largest absolute Gasteiger partial charge is 0.336 e. The van der Waals surface area contributed by atoms with Crippen LogP contribution in [0.15, 0.2) is 30.3 Å². The predicted molar refractivity (Wildman–Crippen MR) is 55.1 cm³/mol. The van der Waals surface area contributed by atoms with Gasteiger partial charge < -0.3 is 10.2 Å². The van der Waals surface area contributed by atoms with Gasteiger partial charge in [-0.2, -0.15) is 0 Å². The van der Waals surface area contributed by atoms with Crippen LogP contribution in [-0.4, -0.2) is 30.6 Å². The monoisotopic (exact) mass is 190 g/mol. The minimum absolute atomic E-state index is 0.0333. The lowest BCUT2D eigenvalue weighted by molar-refractivity contribution is 0.216. The zero-order valence-electron chi connectivity index (χ0n) is 8.23. The third kappa shape index (κ3) is 1.71. The van der Waals surface area contributed by atoms with Gasteiger partial charge in [-0.3, -0.25) is 0 Å². The molecule has 0 radical (unpaired) electrons. The third-order valence-corrected chi connectivity index (χ3v) is 2.67. The van der Waals surface area contributed by atoms with E-state index in [0.29, 0.717) is 6.04 Å². The molecular formula is C11H14N2O. The Morgan fingerprint density at radius 2 is 2.14 bits per heavy atom. The fourth-order valence-electron chi connectivity index (χ4n) is 1.73. The summed E-state index contributed by atoms with van der Waals surface area (Å²) >= 11 is 0. The van der Waals surface area contributed by atoms with Gasteiger partial charge in [-0.25, -0.2) is 4.79 Å². The summed E-state index contributed by atoms with van der Waals surface area (Å²) in [6.07, 6.45) is 0.927. The van der Waals surface area contributed by atoms with Crippen LogP contribution in [0.4, 0.5) is 4.79 Å². The Morgan fingerprint density at radius 1 is 1.43 bits per heavy atom. The minimum atomic E-state index is 0.0333. The van der Waals surface area contributed by atoms with Crippen molar-refractivity contribution in [2.45, 2.75) is 12.5 Å². The number of amides is 2. The molecule has 1 saturated heterocycles. The molecule has 0 spiro atoms. The summed E-state index contributed by atoms with van der Waals surface area (Å²) in [5, 5.41) is 2.83. The van der Waals surface area contributed by atoms with E-state index in [4.69, 9.17) is 0 Å². The highest BCUT2D eigenvalue weighted by molar-refractivity contribution is 5.76. The fourth-order valence-corrected chi connectivity index (χ4v) is 1.73. The van der Waals surface area contributed by atoms with Crippen LogP contribution in [0.2, 0.25) is 0 Å². The molecule has 3 heteroatoms. The molecule has 0 bridgehead atoms. The van der Waals surface area contributed by atoms with Crippen molar-refractivity contribution in [2.24, 2.45) is 0 Å². The molecule has 0 aliphatic carbocycles. The SMILES string of the molecule is CN1C(=O)NCC1Cc1ccccc1. The summed E-state index contributed by atoms with van der Waals surface area (Å²) in [5.74, 6) is 0. The first-order valence-electron chi connectivity index (χ1n) is 4.82. The topological polar surface area (TPSA) is 32.3 Å². The number of likely N-dealkylation sites (N-methyl/N-ethyl adjacent to an activating group) is 1. The number of benzene rings is 1. The van der Waals surface area contributed by atoms with E-state index in [0.717, 1.165) is 13.0 Å². The van der Waals surface area contributed by atoms with Crippen LogP contribution in [0.25, 0.3) is 0 Å². The maximum atomic E-state index is 11.2. The van der Waals surface area contributed by atoms with Crippen LogP contribution < -0.4 is 5.32 Å². The second-order valence-corrected chi connectivity index (χ2v) is 3.64. The second-order valence-electron chi connectivity index (χ2n) is 3.64. The molecule has 3 nitrogen and oxygen atoms in total. The molecule has 2 rings (SSSR count). The predicted octanol–water partition coefficient (Wildman–Crippen LogP) is 1.25. The van der Waals surface area contributed by atoms with Crippen molar-refractivity contribution < 1.29 is 4.79 Å². The van der Waals surface area contributed by atoms with Crippen LogP contribution in [0.5, 0.6) is 0 Å². The summed E-state index contributed by atoms with van der Waals surface area (Å²) < 4.78 is 0. The van der Waals surface area contributed by atoms with Crippen LogP contribution >= 0.6 is 0 Å². The Kier molecular flexibility index (Phi) is 2.39. The smallest absolute Gasteiger partial charge is 0.317 e. The van der Waals surface area contributed by atoms with Gasteiger partial charge in [-0.05, 0) is 12.0 Å². The average Bonchev–Trinajstić information content (AvgIpc) is 2.52. The highest BCUT2D eigenvalue weighted by Gasteiger charge is 2.26. The molecule has 1 heterocycles. The zero-order chi connectivity index (χ0) is 9.97. The number of urea groups is 1. The molecule has 74 valence electrons. The molecule has 2 amide bonds. The van der Waals surface area contributed by atoms with E-state index in [9.17, 15) is 4.79 Å². The third-order valence-electron chi connectivity index (χ3n) is 2.67. The first-order valence-corrected chi connectivity index (χ1v) is 4.82. The minimum Gasteiger partial charge on any atom is -0.336 e. The van der Waals surface area contributed by atoms with Gasteiger partial charge in [0.15, 0.2) is 0 Å². The summed E-state index contributed by atoms with van der Waals surface area (Å²) in [6, 6.07) is 10.6. The van der Waals surface area contributed by atoms with Gasteiger partial charge in [-0.1, -0.05) is 30.3 Å². The summed E-state index contributed by atoms with van der Waals surface area (Å²) in [4.78, 5) is 13.0. The Bertz CT molecular complexity index is 323. The van der Waals surface area contributed by atoms with E-state index in [1.165, 1.54) is 5.56 Å². The second kappa shape index (κ2) is 3.70. The van der Waals surface area contributed by atoms with Gasteiger partial charge in [0.05, 0.1) is 6.04 Å². The molecule has 0 aromatic heterocycles. The maximum Gasteiger partial charge on any atom is 0.317 e. The highest BCUT2D eigenvalue weighted by atomic mass is 16.2.